The first-order valence-electron chi connectivity index (χ1n) is 8.24. The Hall–Kier alpha value is -2.15. The van der Waals surface area contributed by atoms with Gasteiger partial charge < -0.3 is 10.0 Å². The Morgan fingerprint density at radius 2 is 2.00 bits per heavy atom. The Kier molecular flexibility index (Phi) is 4.94. The number of piperidine rings is 1. The van der Waals surface area contributed by atoms with Crippen molar-refractivity contribution in [2.24, 2.45) is 5.92 Å². The Bertz CT molecular complexity index is 731. The van der Waals surface area contributed by atoms with Gasteiger partial charge in [-0.3, -0.25) is 0 Å². The maximum Gasteiger partial charge on any atom is 0.416 e. The number of aromatic nitrogens is 2. The number of nitrogens with zero attached hydrogens (tertiary/aromatic N) is 3. The highest BCUT2D eigenvalue weighted by Gasteiger charge is 2.31. The van der Waals surface area contributed by atoms with Gasteiger partial charge in [-0.2, -0.15) is 23.4 Å². The van der Waals surface area contributed by atoms with E-state index in [9.17, 15) is 18.3 Å². The van der Waals surface area contributed by atoms with Gasteiger partial charge >= 0.3 is 6.18 Å². The van der Waals surface area contributed by atoms with E-state index in [1.807, 2.05) is 6.07 Å². The first kappa shape index (κ1) is 17.7. The van der Waals surface area contributed by atoms with E-state index in [-0.39, 0.29) is 5.56 Å². The zero-order valence-corrected chi connectivity index (χ0v) is 13.9. The van der Waals surface area contributed by atoms with Crippen LogP contribution in [-0.4, -0.2) is 40.3 Å². The molecule has 0 saturated carbocycles. The van der Waals surface area contributed by atoms with Gasteiger partial charge in [0.15, 0.2) is 0 Å². The number of aromatic hydroxyl groups is 1. The van der Waals surface area contributed by atoms with E-state index in [0.717, 1.165) is 37.7 Å². The fourth-order valence-electron chi connectivity index (χ4n) is 3.27. The summed E-state index contributed by atoms with van der Waals surface area (Å²) in [4.78, 5) is 2.30. The quantitative estimate of drug-likeness (QED) is 0.915. The van der Waals surface area contributed by atoms with Crippen LogP contribution in [0.4, 0.5) is 13.2 Å². The summed E-state index contributed by atoms with van der Waals surface area (Å²) in [7, 11) is 2.11. The number of benzene rings is 1. The van der Waals surface area contributed by atoms with Crippen LogP contribution in [0.25, 0.3) is 11.3 Å². The molecule has 0 bridgehead atoms. The van der Waals surface area contributed by atoms with E-state index in [2.05, 4.69) is 22.1 Å². The molecule has 1 N–H and O–H groups in total. The van der Waals surface area contributed by atoms with Crippen LogP contribution < -0.4 is 0 Å². The van der Waals surface area contributed by atoms with Gasteiger partial charge in [-0.1, -0.05) is 0 Å². The summed E-state index contributed by atoms with van der Waals surface area (Å²) in [6, 6.07) is 6.38. The van der Waals surface area contributed by atoms with Crippen molar-refractivity contribution in [1.29, 1.82) is 0 Å². The van der Waals surface area contributed by atoms with Crippen LogP contribution in [0, 0.1) is 5.92 Å². The van der Waals surface area contributed by atoms with Crippen molar-refractivity contribution >= 4 is 0 Å². The molecule has 0 amide bonds. The summed E-state index contributed by atoms with van der Waals surface area (Å²) in [6.07, 6.45) is -1.32. The molecule has 1 fully saturated rings. The minimum Gasteiger partial charge on any atom is -0.507 e. The van der Waals surface area contributed by atoms with Crippen molar-refractivity contribution in [3.8, 4) is 17.0 Å². The van der Waals surface area contributed by atoms with Gasteiger partial charge in [-0.05, 0) is 69.1 Å². The third kappa shape index (κ3) is 4.28. The summed E-state index contributed by atoms with van der Waals surface area (Å²) in [6.45, 7) is 2.15. The van der Waals surface area contributed by atoms with E-state index in [1.165, 1.54) is 12.5 Å². The number of halogens is 3. The Balaban J connectivity index is 1.74. The fourth-order valence-corrected chi connectivity index (χ4v) is 3.27. The Morgan fingerprint density at radius 3 is 2.60 bits per heavy atom. The van der Waals surface area contributed by atoms with Crippen molar-refractivity contribution in [3.63, 3.8) is 0 Å². The topological polar surface area (TPSA) is 49.2 Å². The first-order chi connectivity index (χ1) is 11.8. The minimum absolute atomic E-state index is 0.240. The maximum absolute atomic E-state index is 12.7. The molecule has 3 rings (SSSR count). The molecule has 4 nitrogen and oxygen atoms in total. The molecule has 1 atom stereocenters. The van der Waals surface area contributed by atoms with Crippen molar-refractivity contribution in [3.05, 3.63) is 41.6 Å². The molecule has 0 unspecified atom stereocenters. The van der Waals surface area contributed by atoms with Crippen molar-refractivity contribution in [2.75, 3.05) is 20.1 Å². The predicted molar refractivity (Wildman–Crippen MR) is 88.1 cm³/mol. The van der Waals surface area contributed by atoms with Crippen LogP contribution in [0.5, 0.6) is 5.75 Å². The van der Waals surface area contributed by atoms with Crippen LogP contribution in [0.1, 0.15) is 24.1 Å². The van der Waals surface area contributed by atoms with Gasteiger partial charge in [0.1, 0.15) is 5.75 Å². The average Bonchev–Trinajstić information content (AvgIpc) is 2.55. The van der Waals surface area contributed by atoms with Crippen LogP contribution in [0.3, 0.4) is 0 Å². The lowest BCUT2D eigenvalue weighted by molar-refractivity contribution is -0.137. The summed E-state index contributed by atoms with van der Waals surface area (Å²) >= 11 is 0. The zero-order chi connectivity index (χ0) is 18.0. The molecule has 1 aromatic heterocycles. The van der Waals surface area contributed by atoms with Gasteiger partial charge in [0, 0.05) is 12.1 Å². The second-order valence-corrected chi connectivity index (χ2v) is 6.61. The highest BCUT2D eigenvalue weighted by Crippen LogP contribution is 2.35. The summed E-state index contributed by atoms with van der Waals surface area (Å²) in [5.74, 6) is 0.0872. The molecule has 0 spiro atoms. The number of likely N-dealkylation sites (tertiary alicyclic amines) is 1. The highest BCUT2D eigenvalue weighted by molar-refractivity contribution is 5.67. The highest BCUT2D eigenvalue weighted by atomic mass is 19.4. The van der Waals surface area contributed by atoms with Crippen molar-refractivity contribution in [1.82, 2.24) is 15.1 Å². The van der Waals surface area contributed by atoms with Crippen LogP contribution in [-0.2, 0) is 12.6 Å². The van der Waals surface area contributed by atoms with E-state index < -0.39 is 17.5 Å². The van der Waals surface area contributed by atoms with Gasteiger partial charge in [0.2, 0.25) is 0 Å². The third-order valence-electron chi connectivity index (χ3n) is 4.54. The second-order valence-electron chi connectivity index (χ2n) is 6.61. The van der Waals surface area contributed by atoms with Gasteiger partial charge in [-0.25, -0.2) is 0 Å². The molecule has 1 aliphatic heterocycles. The third-order valence-corrected chi connectivity index (χ3v) is 4.54. The molecule has 134 valence electrons. The molecule has 1 aliphatic rings. The van der Waals surface area contributed by atoms with E-state index in [4.69, 9.17) is 0 Å². The van der Waals surface area contributed by atoms with Gasteiger partial charge in [-0.15, -0.1) is 0 Å². The molecular weight excluding hydrogens is 331 g/mol. The largest absolute Gasteiger partial charge is 0.507 e. The number of phenols is 1. The molecule has 1 saturated heterocycles. The van der Waals surface area contributed by atoms with E-state index >= 15 is 0 Å². The van der Waals surface area contributed by atoms with Gasteiger partial charge in [0.05, 0.1) is 17.0 Å². The first-order valence-corrected chi connectivity index (χ1v) is 8.24. The maximum atomic E-state index is 12.7. The summed E-state index contributed by atoms with van der Waals surface area (Å²) in [5, 5.41) is 18.2. The van der Waals surface area contributed by atoms with E-state index in [0.29, 0.717) is 17.7 Å². The smallest absolute Gasteiger partial charge is 0.416 e. The number of hydrogen-bond donors (Lipinski definition) is 1. The van der Waals surface area contributed by atoms with Gasteiger partial charge in [0.25, 0.3) is 0 Å². The minimum atomic E-state index is -4.49. The molecular formula is C18H20F3N3O. The normalized spacial score (nSPS) is 19.1. The van der Waals surface area contributed by atoms with E-state index in [1.54, 1.807) is 6.07 Å². The molecule has 1 aromatic carbocycles. The second kappa shape index (κ2) is 7.00. The number of rotatable bonds is 3. The summed E-state index contributed by atoms with van der Waals surface area (Å²) in [5.41, 5.74) is 0.565. The molecule has 0 radical (unpaired) electrons. The standard InChI is InChI=1S/C18H20F3N3O/c1-24-8-2-3-12(11-24)9-14-5-7-16(23-22-14)15-6-4-13(10-17(15)25)18(19,20)21/h4-7,10,12,25H,2-3,8-9,11H2,1H3/t12-/m1/s1. The molecule has 25 heavy (non-hydrogen) atoms. The van der Waals surface area contributed by atoms with Crippen LogP contribution in [0.2, 0.25) is 0 Å². The Morgan fingerprint density at radius 1 is 1.20 bits per heavy atom. The molecule has 2 aromatic rings. The lowest BCUT2D eigenvalue weighted by Gasteiger charge is -2.29. The van der Waals surface area contributed by atoms with Crippen molar-refractivity contribution in [2.45, 2.75) is 25.4 Å². The van der Waals surface area contributed by atoms with Crippen LogP contribution >= 0.6 is 0 Å². The monoisotopic (exact) mass is 351 g/mol. The molecule has 0 aliphatic carbocycles. The summed E-state index contributed by atoms with van der Waals surface area (Å²) < 4.78 is 38.0. The lowest BCUT2D eigenvalue weighted by atomic mass is 9.93. The molecule has 2 heterocycles. The number of phenolic OH excluding ortho intramolecular Hbond substituents is 1. The van der Waals surface area contributed by atoms with Crippen LogP contribution in [0.15, 0.2) is 30.3 Å². The lowest BCUT2D eigenvalue weighted by Crippen LogP contribution is -2.33. The number of hydrogen-bond acceptors (Lipinski definition) is 4. The fraction of sp³-hybridized carbons (Fsp3) is 0.444. The molecule has 7 heteroatoms. The Labute approximate surface area is 144 Å². The average molecular weight is 351 g/mol. The SMILES string of the molecule is CN1CCC[C@H](Cc2ccc(-c3ccc(C(F)(F)F)cc3O)nn2)C1. The zero-order valence-electron chi connectivity index (χ0n) is 13.9. The predicted octanol–water partition coefficient (Wildman–Crippen LogP) is 3.75. The number of alkyl halides is 3. The van der Waals surface area contributed by atoms with Crippen molar-refractivity contribution < 1.29 is 18.3 Å².